The second kappa shape index (κ2) is 8.35. The van der Waals surface area contributed by atoms with Crippen LogP contribution >= 0.6 is 0 Å². The number of piperidine rings is 1. The average molecular weight is 370 g/mol. The van der Waals surface area contributed by atoms with Crippen molar-refractivity contribution in [1.82, 2.24) is 14.5 Å². The van der Waals surface area contributed by atoms with Crippen LogP contribution in [0.4, 0.5) is 0 Å². The summed E-state index contributed by atoms with van der Waals surface area (Å²) < 4.78 is 1.10. The predicted octanol–water partition coefficient (Wildman–Crippen LogP) is 1.75. The third-order valence-electron chi connectivity index (χ3n) is 5.08. The van der Waals surface area contributed by atoms with Crippen molar-refractivity contribution in [3.63, 3.8) is 0 Å². The van der Waals surface area contributed by atoms with Gasteiger partial charge in [-0.1, -0.05) is 12.5 Å². The average Bonchev–Trinajstić information content (AvgIpc) is 2.64. The van der Waals surface area contributed by atoms with Gasteiger partial charge in [-0.25, -0.2) is 9.36 Å². The summed E-state index contributed by atoms with van der Waals surface area (Å²) in [4.78, 5) is 33.3. The summed E-state index contributed by atoms with van der Waals surface area (Å²) in [6, 6.07) is 5.40. The lowest BCUT2D eigenvalue weighted by atomic mass is 10.1. The zero-order valence-electron chi connectivity index (χ0n) is 15.9. The van der Waals surface area contributed by atoms with Crippen molar-refractivity contribution in [2.45, 2.75) is 33.1 Å². The number of nitrogens with one attached hydrogen (secondary N) is 1. The summed E-state index contributed by atoms with van der Waals surface area (Å²) in [6.45, 7) is 7.43. The van der Waals surface area contributed by atoms with E-state index in [9.17, 15) is 14.7 Å². The molecule has 2 N–H and O–H groups in total. The summed E-state index contributed by atoms with van der Waals surface area (Å²) >= 11 is 0. The maximum absolute atomic E-state index is 12.2. The van der Waals surface area contributed by atoms with Gasteiger partial charge in [0.25, 0.3) is 5.56 Å². The minimum atomic E-state index is -0.675. The second-order valence-corrected chi connectivity index (χ2v) is 7.04. The highest BCUT2D eigenvalue weighted by atomic mass is 16.3. The molecule has 0 aliphatic carbocycles. The molecule has 2 aromatic rings. The van der Waals surface area contributed by atoms with Gasteiger partial charge in [-0.3, -0.25) is 14.8 Å². The fraction of sp³-hybridized carbons (Fsp3) is 0.450. The molecule has 7 nitrogen and oxygen atoms in total. The third kappa shape index (κ3) is 4.36. The molecule has 0 atom stereocenters. The Hall–Kier alpha value is -2.67. The molecule has 7 heteroatoms. The molecule has 0 bridgehead atoms. The van der Waals surface area contributed by atoms with Gasteiger partial charge in [-0.15, -0.1) is 0 Å². The first-order valence-corrected chi connectivity index (χ1v) is 9.35. The van der Waals surface area contributed by atoms with Gasteiger partial charge in [-0.05, 0) is 63.0 Å². The van der Waals surface area contributed by atoms with E-state index in [2.05, 4.69) is 14.9 Å². The van der Waals surface area contributed by atoms with E-state index >= 15 is 0 Å². The minimum Gasteiger partial charge on any atom is -0.493 e. The van der Waals surface area contributed by atoms with E-state index in [1.165, 1.54) is 25.5 Å². The molecular weight excluding hydrogens is 344 g/mol. The number of hydrogen-bond acceptors (Lipinski definition) is 5. The Kier molecular flexibility index (Phi) is 5.91. The van der Waals surface area contributed by atoms with Crippen LogP contribution in [0.25, 0.3) is 5.69 Å². The Morgan fingerprint density at radius 3 is 2.59 bits per heavy atom. The lowest BCUT2D eigenvalue weighted by molar-refractivity contribution is 0.235. The van der Waals surface area contributed by atoms with Gasteiger partial charge in [0.05, 0.1) is 12.2 Å². The molecule has 1 fully saturated rings. The predicted molar refractivity (Wildman–Crippen MR) is 107 cm³/mol. The summed E-state index contributed by atoms with van der Waals surface area (Å²) in [5, 5.41) is 10.6. The van der Waals surface area contributed by atoms with E-state index in [0.29, 0.717) is 12.2 Å². The number of likely N-dealkylation sites (tertiary alicyclic amines) is 1. The fourth-order valence-electron chi connectivity index (χ4n) is 3.30. The molecule has 1 aliphatic heterocycles. The topological polar surface area (TPSA) is 90.7 Å². The Bertz CT molecular complexity index is 953. The number of rotatable bonds is 5. The van der Waals surface area contributed by atoms with Crippen LogP contribution in [-0.4, -0.2) is 52.0 Å². The molecule has 1 saturated heterocycles. The molecule has 1 aromatic heterocycles. The van der Waals surface area contributed by atoms with Gasteiger partial charge in [0.1, 0.15) is 5.56 Å². The molecule has 1 aliphatic rings. The molecule has 0 unspecified atom stereocenters. The van der Waals surface area contributed by atoms with E-state index in [0.717, 1.165) is 35.3 Å². The molecule has 144 valence electrons. The summed E-state index contributed by atoms with van der Waals surface area (Å²) in [5.74, 6) is -0.395. The molecular formula is C20H26N4O3. The van der Waals surface area contributed by atoms with Gasteiger partial charge < -0.3 is 10.0 Å². The number of aryl methyl sites for hydroxylation is 2. The number of hydrogen-bond donors (Lipinski definition) is 2. The Labute approximate surface area is 158 Å². The van der Waals surface area contributed by atoms with E-state index in [-0.39, 0.29) is 5.56 Å². The van der Waals surface area contributed by atoms with Crippen molar-refractivity contribution < 1.29 is 5.11 Å². The third-order valence-corrected chi connectivity index (χ3v) is 5.08. The molecule has 3 rings (SSSR count). The maximum Gasteiger partial charge on any atom is 0.335 e. The van der Waals surface area contributed by atoms with Crippen LogP contribution in [0, 0.1) is 13.8 Å². The van der Waals surface area contributed by atoms with Crippen molar-refractivity contribution in [1.29, 1.82) is 0 Å². The van der Waals surface area contributed by atoms with Crippen LogP contribution in [-0.2, 0) is 0 Å². The van der Waals surface area contributed by atoms with E-state index < -0.39 is 17.1 Å². The lowest BCUT2D eigenvalue weighted by Crippen LogP contribution is -2.32. The zero-order valence-corrected chi connectivity index (χ0v) is 15.9. The second-order valence-electron chi connectivity index (χ2n) is 7.04. The van der Waals surface area contributed by atoms with Crippen molar-refractivity contribution in [3.05, 3.63) is 55.7 Å². The number of H-pyrrole nitrogens is 1. The van der Waals surface area contributed by atoms with Gasteiger partial charge in [0.2, 0.25) is 5.88 Å². The molecule has 1 aromatic carbocycles. The minimum absolute atomic E-state index is 0.00790. The Morgan fingerprint density at radius 1 is 1.15 bits per heavy atom. The summed E-state index contributed by atoms with van der Waals surface area (Å²) in [6.07, 6.45) is 5.06. The quantitative estimate of drug-likeness (QED) is 0.785. The normalized spacial score (nSPS) is 15.5. The van der Waals surface area contributed by atoms with Gasteiger partial charge in [-0.2, -0.15) is 0 Å². The zero-order chi connectivity index (χ0) is 19.4. The van der Waals surface area contributed by atoms with Gasteiger partial charge >= 0.3 is 5.69 Å². The number of aromatic amines is 1. The van der Waals surface area contributed by atoms with Crippen molar-refractivity contribution in [2.24, 2.45) is 4.99 Å². The Morgan fingerprint density at radius 2 is 1.89 bits per heavy atom. The number of aliphatic imine (C=N–C) groups is 1. The van der Waals surface area contributed by atoms with E-state index in [1.54, 1.807) is 12.1 Å². The first kappa shape index (κ1) is 19.1. The highest BCUT2D eigenvalue weighted by Crippen LogP contribution is 2.18. The van der Waals surface area contributed by atoms with Crippen LogP contribution in [0.1, 0.15) is 36.0 Å². The van der Waals surface area contributed by atoms with E-state index in [4.69, 9.17) is 0 Å². The molecule has 0 saturated carbocycles. The largest absolute Gasteiger partial charge is 0.493 e. The lowest BCUT2D eigenvalue weighted by Gasteiger charge is -2.25. The first-order valence-electron chi connectivity index (χ1n) is 9.35. The maximum atomic E-state index is 12.2. The van der Waals surface area contributed by atoms with E-state index in [1.807, 2.05) is 19.9 Å². The highest BCUT2D eigenvalue weighted by molar-refractivity contribution is 5.82. The molecule has 0 spiro atoms. The van der Waals surface area contributed by atoms with Crippen molar-refractivity contribution >= 4 is 6.21 Å². The summed E-state index contributed by atoms with van der Waals surface area (Å²) in [7, 11) is 0. The van der Waals surface area contributed by atoms with Crippen LogP contribution in [0.15, 0.2) is 32.8 Å². The van der Waals surface area contributed by atoms with Crippen molar-refractivity contribution in [2.75, 3.05) is 26.2 Å². The molecule has 2 heterocycles. The molecule has 0 radical (unpaired) electrons. The van der Waals surface area contributed by atoms with Crippen LogP contribution in [0.5, 0.6) is 5.88 Å². The monoisotopic (exact) mass is 370 g/mol. The number of benzene rings is 1. The van der Waals surface area contributed by atoms with Gasteiger partial charge in [0.15, 0.2) is 0 Å². The van der Waals surface area contributed by atoms with Crippen LogP contribution in [0.2, 0.25) is 0 Å². The van der Waals surface area contributed by atoms with Gasteiger partial charge in [0, 0.05) is 12.8 Å². The summed E-state index contributed by atoms with van der Waals surface area (Å²) in [5.41, 5.74) is 1.24. The number of aromatic hydroxyl groups is 1. The SMILES string of the molecule is Cc1ccc(-n2c(O)c(C=NCCN3CCCCC3)c(=O)[nH]c2=O)cc1C. The molecule has 27 heavy (non-hydrogen) atoms. The smallest absolute Gasteiger partial charge is 0.335 e. The standard InChI is InChI=1S/C20H26N4O3/c1-14-6-7-16(12-15(14)2)24-19(26)17(18(25)22-20(24)27)13-21-8-11-23-9-4-3-5-10-23/h6-7,12-13,26H,3-5,8-11H2,1-2H3,(H,22,25,27). The van der Waals surface area contributed by atoms with Crippen LogP contribution in [0.3, 0.4) is 0 Å². The highest BCUT2D eigenvalue weighted by Gasteiger charge is 2.15. The fourth-order valence-corrected chi connectivity index (χ4v) is 3.30. The Balaban J connectivity index is 1.85. The number of nitrogens with zero attached hydrogens (tertiary/aromatic N) is 3. The first-order chi connectivity index (χ1) is 13.0. The van der Waals surface area contributed by atoms with Crippen LogP contribution < -0.4 is 11.2 Å². The van der Waals surface area contributed by atoms with Crippen molar-refractivity contribution in [3.8, 4) is 11.6 Å². The molecule has 0 amide bonds. The number of aromatic nitrogens is 2.